The van der Waals surface area contributed by atoms with E-state index in [9.17, 15) is 19.5 Å². The summed E-state index contributed by atoms with van der Waals surface area (Å²) in [6.45, 7) is 12.2. The lowest BCUT2D eigenvalue weighted by Gasteiger charge is -2.42. The van der Waals surface area contributed by atoms with E-state index in [-0.39, 0.29) is 24.3 Å². The number of benzene rings is 1. The van der Waals surface area contributed by atoms with Gasteiger partial charge in [-0.05, 0) is 65.8 Å². The third-order valence-electron chi connectivity index (χ3n) is 8.50. The average Bonchev–Trinajstić information content (AvgIpc) is 3.15. The lowest BCUT2D eigenvalue weighted by molar-refractivity contribution is -0.156. The van der Waals surface area contributed by atoms with Crippen molar-refractivity contribution in [2.75, 3.05) is 31.2 Å². The fourth-order valence-electron chi connectivity index (χ4n) is 6.75. The van der Waals surface area contributed by atoms with E-state index in [0.717, 1.165) is 0 Å². The number of amides is 3. The molecule has 4 aliphatic rings. The summed E-state index contributed by atoms with van der Waals surface area (Å²) in [6.07, 6.45) is 7.47. The van der Waals surface area contributed by atoms with Gasteiger partial charge in [-0.15, -0.1) is 0 Å². The number of carbonyl (C=O) groups is 3. The summed E-state index contributed by atoms with van der Waals surface area (Å²) >= 11 is 0. The van der Waals surface area contributed by atoms with Crippen LogP contribution in [0.15, 0.2) is 48.6 Å². The summed E-state index contributed by atoms with van der Waals surface area (Å²) in [6, 6.07) is 5.68. The summed E-state index contributed by atoms with van der Waals surface area (Å²) in [5.74, 6) is -1.92. The summed E-state index contributed by atoms with van der Waals surface area (Å²) in [5.41, 5.74) is -2.27. The third kappa shape index (κ3) is 4.09. The van der Waals surface area contributed by atoms with Gasteiger partial charge in [0.15, 0.2) is 0 Å². The molecule has 2 fully saturated rings. The van der Waals surface area contributed by atoms with Gasteiger partial charge in [0, 0.05) is 24.3 Å². The van der Waals surface area contributed by atoms with Crippen LogP contribution < -0.4 is 9.64 Å². The van der Waals surface area contributed by atoms with Crippen LogP contribution in [0.1, 0.15) is 41.5 Å². The Balaban J connectivity index is 1.62. The molecule has 4 aliphatic heterocycles. The zero-order valence-corrected chi connectivity index (χ0v) is 23.6. The molecule has 0 aromatic heterocycles. The number of hydrogen-bond donors (Lipinski definition) is 1. The molecular formula is C30H39N3O6. The molecule has 2 saturated heterocycles. The number of nitrogens with zero attached hydrogens (tertiary/aromatic N) is 3. The molecule has 0 bridgehead atoms. The van der Waals surface area contributed by atoms with Crippen LogP contribution in [0.5, 0.6) is 5.75 Å². The van der Waals surface area contributed by atoms with E-state index in [1.807, 2.05) is 83.2 Å². The van der Waals surface area contributed by atoms with Gasteiger partial charge in [0.1, 0.15) is 17.4 Å². The van der Waals surface area contributed by atoms with E-state index >= 15 is 0 Å². The predicted octanol–water partition coefficient (Wildman–Crippen LogP) is 2.54. The van der Waals surface area contributed by atoms with Crippen molar-refractivity contribution in [3.63, 3.8) is 0 Å². The van der Waals surface area contributed by atoms with Crippen LogP contribution in [0.2, 0.25) is 0 Å². The van der Waals surface area contributed by atoms with Gasteiger partial charge in [-0.3, -0.25) is 14.4 Å². The minimum absolute atomic E-state index is 0.239. The molecule has 0 saturated carbocycles. The second-order valence-corrected chi connectivity index (χ2v) is 12.1. The molecule has 4 heterocycles. The van der Waals surface area contributed by atoms with Crippen LogP contribution in [0.25, 0.3) is 0 Å². The van der Waals surface area contributed by atoms with Gasteiger partial charge in [0.2, 0.25) is 17.7 Å². The molecule has 9 nitrogen and oxygen atoms in total. The van der Waals surface area contributed by atoms with Crippen LogP contribution in [0.3, 0.4) is 0 Å². The first-order chi connectivity index (χ1) is 18.4. The Kier molecular flexibility index (Phi) is 6.66. The van der Waals surface area contributed by atoms with Crippen LogP contribution in [-0.2, 0) is 19.1 Å². The minimum Gasteiger partial charge on any atom is -0.494 e. The second kappa shape index (κ2) is 9.48. The van der Waals surface area contributed by atoms with Crippen LogP contribution in [-0.4, -0.2) is 87.8 Å². The number of aliphatic hydroxyl groups excluding tert-OH is 1. The highest BCUT2D eigenvalue weighted by atomic mass is 16.5. The van der Waals surface area contributed by atoms with Crippen molar-refractivity contribution in [3.8, 4) is 5.75 Å². The maximum absolute atomic E-state index is 14.4. The first-order valence-electron chi connectivity index (χ1n) is 13.7. The van der Waals surface area contributed by atoms with Gasteiger partial charge in [-0.2, -0.15) is 0 Å². The zero-order chi connectivity index (χ0) is 28.3. The quantitative estimate of drug-likeness (QED) is 0.580. The van der Waals surface area contributed by atoms with E-state index in [1.54, 1.807) is 16.7 Å². The smallest absolute Gasteiger partial charge is 0.249 e. The Morgan fingerprint density at radius 2 is 1.69 bits per heavy atom. The van der Waals surface area contributed by atoms with Crippen LogP contribution in [0.4, 0.5) is 5.69 Å². The van der Waals surface area contributed by atoms with Gasteiger partial charge in [-0.25, -0.2) is 0 Å². The van der Waals surface area contributed by atoms with Gasteiger partial charge in [0.05, 0.1) is 36.7 Å². The normalized spacial score (nSPS) is 33.1. The maximum atomic E-state index is 14.4. The van der Waals surface area contributed by atoms with E-state index in [1.165, 1.54) is 4.90 Å². The Morgan fingerprint density at radius 1 is 1.03 bits per heavy atom. The molecule has 1 aromatic rings. The average molecular weight is 538 g/mol. The zero-order valence-electron chi connectivity index (χ0n) is 23.6. The van der Waals surface area contributed by atoms with Crippen LogP contribution in [0, 0.1) is 11.8 Å². The molecule has 5 rings (SSSR count). The molecule has 0 aliphatic carbocycles. The molecule has 0 radical (unpaired) electrons. The third-order valence-corrected chi connectivity index (χ3v) is 8.50. The molecule has 9 heteroatoms. The lowest BCUT2D eigenvalue weighted by atomic mass is 9.74. The summed E-state index contributed by atoms with van der Waals surface area (Å²) in [4.78, 5) is 47.8. The van der Waals surface area contributed by atoms with Crippen molar-refractivity contribution >= 4 is 23.4 Å². The SMILES string of the molecule is CCOc1ccc(N2CC=C[C@@]3(C)O[C@]45C=CCN(C(C)(C)C)C(=O)C4N([C@H](C)CO)C(=O)[C@@H]5[C@H]3C2=O)cc1. The largest absolute Gasteiger partial charge is 0.494 e. The number of rotatable bonds is 5. The van der Waals surface area contributed by atoms with E-state index in [4.69, 9.17) is 9.47 Å². The number of likely N-dealkylation sites (tertiary alicyclic amines) is 1. The fraction of sp³-hybridized carbons (Fsp3) is 0.567. The lowest BCUT2D eigenvalue weighted by Crippen LogP contribution is -2.60. The second-order valence-electron chi connectivity index (χ2n) is 12.1. The predicted molar refractivity (Wildman–Crippen MR) is 146 cm³/mol. The maximum Gasteiger partial charge on any atom is 0.249 e. The number of ether oxygens (including phenoxy) is 2. The first-order valence-corrected chi connectivity index (χ1v) is 13.7. The number of aliphatic hydroxyl groups is 1. The van der Waals surface area contributed by atoms with Crippen molar-refractivity contribution < 1.29 is 29.0 Å². The van der Waals surface area contributed by atoms with Crippen molar-refractivity contribution in [2.24, 2.45) is 11.8 Å². The monoisotopic (exact) mass is 537 g/mol. The first kappa shape index (κ1) is 27.4. The van der Waals surface area contributed by atoms with Crippen LogP contribution >= 0.6 is 0 Å². The molecule has 3 amide bonds. The number of anilines is 1. The molecule has 6 atom stereocenters. The van der Waals surface area contributed by atoms with Gasteiger partial charge < -0.3 is 29.3 Å². The number of hydrogen-bond acceptors (Lipinski definition) is 6. The Hall–Kier alpha value is -3.17. The molecule has 210 valence electrons. The molecule has 39 heavy (non-hydrogen) atoms. The van der Waals surface area contributed by atoms with Crippen molar-refractivity contribution in [2.45, 2.75) is 70.4 Å². The Bertz CT molecular complexity index is 1220. The summed E-state index contributed by atoms with van der Waals surface area (Å²) in [5, 5.41) is 10.1. The van der Waals surface area contributed by atoms with Gasteiger partial charge in [-0.1, -0.05) is 24.3 Å². The molecule has 1 unspecified atom stereocenters. The van der Waals surface area contributed by atoms with Gasteiger partial charge >= 0.3 is 0 Å². The highest BCUT2D eigenvalue weighted by molar-refractivity contribution is 6.04. The summed E-state index contributed by atoms with van der Waals surface area (Å²) < 4.78 is 12.4. The number of fused-ring (bicyclic) bond motifs is 2. The molecule has 1 spiro atoms. The minimum atomic E-state index is -1.35. The van der Waals surface area contributed by atoms with E-state index < -0.39 is 40.7 Å². The van der Waals surface area contributed by atoms with E-state index in [2.05, 4.69) is 0 Å². The highest BCUT2D eigenvalue weighted by Crippen LogP contribution is 2.58. The topological polar surface area (TPSA) is 99.6 Å². The molecular weight excluding hydrogens is 498 g/mol. The summed E-state index contributed by atoms with van der Waals surface area (Å²) in [7, 11) is 0. The highest BCUT2D eigenvalue weighted by Gasteiger charge is 2.75. The Labute approximate surface area is 230 Å². The van der Waals surface area contributed by atoms with Crippen molar-refractivity contribution in [1.29, 1.82) is 0 Å². The standard InChI is InChI=1S/C30H39N3O6/c1-7-38-21-12-10-20(11-13-21)31-16-8-14-29(6)22(25(31)35)23-26(36)33(19(2)18-34)24-27(37)32(28(3,4)5)17-9-15-30(23,24)39-29/h8-15,19,22-24,34H,7,16-18H2,1-6H3/t19-,22+,23+,24?,29-,30+/m1/s1. The van der Waals surface area contributed by atoms with E-state index in [0.29, 0.717) is 31.1 Å². The fourth-order valence-corrected chi connectivity index (χ4v) is 6.75. The van der Waals surface area contributed by atoms with Crippen molar-refractivity contribution in [1.82, 2.24) is 9.80 Å². The van der Waals surface area contributed by atoms with Crippen molar-refractivity contribution in [3.05, 3.63) is 48.6 Å². The Morgan fingerprint density at radius 3 is 2.31 bits per heavy atom. The molecule has 1 aromatic carbocycles. The number of carbonyl (C=O) groups excluding carboxylic acids is 3. The van der Waals surface area contributed by atoms with Gasteiger partial charge in [0.25, 0.3) is 0 Å². The molecule has 1 N–H and O–H groups in total.